The summed E-state index contributed by atoms with van der Waals surface area (Å²) < 4.78 is 11.3. The van der Waals surface area contributed by atoms with E-state index in [9.17, 15) is 4.21 Å². The smallest absolute Gasteiger partial charge is 0.115 e. The maximum atomic E-state index is 11.3. The summed E-state index contributed by atoms with van der Waals surface area (Å²) in [7, 11) is -1.35. The number of rotatable bonds is 2. The van der Waals surface area contributed by atoms with Gasteiger partial charge in [0.2, 0.25) is 0 Å². The van der Waals surface area contributed by atoms with Gasteiger partial charge in [-0.05, 0) is 18.2 Å². The van der Waals surface area contributed by atoms with Gasteiger partial charge in [-0.25, -0.2) is 0 Å². The van der Waals surface area contributed by atoms with E-state index in [1.165, 1.54) is 6.07 Å². The molecule has 0 fully saturated rings. The summed E-state index contributed by atoms with van der Waals surface area (Å²) >= 11 is 5.78. The van der Waals surface area contributed by atoms with Gasteiger partial charge in [-0.3, -0.25) is 4.21 Å². The summed E-state index contributed by atoms with van der Waals surface area (Å²) in [6.45, 7) is 0. The first-order valence-electron chi connectivity index (χ1n) is 3.45. The van der Waals surface area contributed by atoms with Gasteiger partial charge in [-0.15, -0.1) is 0 Å². The number of nitrogens with zero attached hydrogens (tertiary/aromatic N) is 1. The highest BCUT2D eigenvalue weighted by Crippen LogP contribution is 2.22. The van der Waals surface area contributed by atoms with E-state index in [4.69, 9.17) is 22.6 Å². The summed E-state index contributed by atoms with van der Waals surface area (Å²) in [4.78, 5) is 0.456. The summed E-state index contributed by atoms with van der Waals surface area (Å²) in [6.07, 6.45) is 0. The fraction of sp³-hybridized carbons (Fsp3) is 0.125. The third kappa shape index (κ3) is 2.44. The number of nitriles is 1. The van der Waals surface area contributed by atoms with E-state index in [0.29, 0.717) is 15.6 Å². The van der Waals surface area contributed by atoms with Crippen LogP contribution in [0.4, 0.5) is 5.69 Å². The zero-order valence-corrected chi connectivity index (χ0v) is 8.23. The van der Waals surface area contributed by atoms with Crippen molar-refractivity contribution in [1.82, 2.24) is 0 Å². The van der Waals surface area contributed by atoms with Crippen LogP contribution in [0.2, 0.25) is 5.02 Å². The molecule has 0 aliphatic rings. The van der Waals surface area contributed by atoms with Crippen LogP contribution in [-0.4, -0.2) is 9.96 Å². The number of hydrogen-bond donors (Lipinski definition) is 1. The Hall–Kier alpha value is -1.05. The van der Waals surface area contributed by atoms with Crippen molar-refractivity contribution in [3.05, 3.63) is 23.2 Å². The molecule has 68 valence electrons. The Morgan fingerprint density at radius 3 is 2.85 bits per heavy atom. The Morgan fingerprint density at radius 1 is 1.62 bits per heavy atom. The Morgan fingerprint density at radius 2 is 2.31 bits per heavy atom. The second kappa shape index (κ2) is 4.26. The maximum Gasteiger partial charge on any atom is 0.115 e. The largest absolute Gasteiger partial charge is 0.399 e. The molecule has 3 nitrogen and oxygen atoms in total. The molecule has 13 heavy (non-hydrogen) atoms. The minimum atomic E-state index is -1.35. The molecule has 0 radical (unpaired) electrons. The molecule has 1 rings (SSSR count). The molecular weight excluding hydrogens is 208 g/mol. The number of benzene rings is 1. The molecule has 1 aromatic rings. The molecule has 0 bridgehead atoms. The maximum absolute atomic E-state index is 11.3. The lowest BCUT2D eigenvalue weighted by molar-refractivity contribution is 0.685. The highest BCUT2D eigenvalue weighted by Gasteiger charge is 2.07. The molecule has 0 aromatic heterocycles. The number of hydrogen-bond acceptors (Lipinski definition) is 3. The van der Waals surface area contributed by atoms with Gasteiger partial charge in [-0.1, -0.05) is 11.6 Å². The van der Waals surface area contributed by atoms with Crippen molar-refractivity contribution in [3.63, 3.8) is 0 Å². The van der Waals surface area contributed by atoms with E-state index in [1.54, 1.807) is 12.1 Å². The summed E-state index contributed by atoms with van der Waals surface area (Å²) in [6, 6.07) is 6.52. The van der Waals surface area contributed by atoms with Crippen LogP contribution in [-0.2, 0) is 10.8 Å². The lowest BCUT2D eigenvalue weighted by atomic mass is 10.3. The van der Waals surface area contributed by atoms with Gasteiger partial charge in [0.05, 0.1) is 26.8 Å². The molecular formula is C8H7ClN2OS. The average molecular weight is 215 g/mol. The van der Waals surface area contributed by atoms with E-state index >= 15 is 0 Å². The molecule has 0 saturated heterocycles. The van der Waals surface area contributed by atoms with Crippen LogP contribution in [0.3, 0.4) is 0 Å². The number of halogens is 1. The number of anilines is 1. The Kier molecular flexibility index (Phi) is 3.29. The Labute approximate surface area is 83.6 Å². The van der Waals surface area contributed by atoms with E-state index in [0.717, 1.165) is 0 Å². The highest BCUT2D eigenvalue weighted by molar-refractivity contribution is 7.85. The molecule has 0 aliphatic heterocycles. The molecule has 0 spiro atoms. The van der Waals surface area contributed by atoms with Crippen LogP contribution in [0.25, 0.3) is 0 Å². The molecule has 5 heteroatoms. The van der Waals surface area contributed by atoms with E-state index in [-0.39, 0.29) is 5.75 Å². The monoisotopic (exact) mass is 214 g/mol. The molecule has 1 aromatic carbocycles. The van der Waals surface area contributed by atoms with Crippen LogP contribution in [0, 0.1) is 11.3 Å². The first-order valence-corrected chi connectivity index (χ1v) is 5.15. The van der Waals surface area contributed by atoms with Crippen molar-refractivity contribution in [2.45, 2.75) is 4.90 Å². The van der Waals surface area contributed by atoms with Gasteiger partial charge in [0, 0.05) is 5.69 Å². The van der Waals surface area contributed by atoms with Gasteiger partial charge in [0.1, 0.15) is 5.75 Å². The predicted octanol–water partition coefficient (Wildman–Crippen LogP) is 1.55. The third-order valence-corrected chi connectivity index (χ3v) is 3.06. The van der Waals surface area contributed by atoms with Crippen molar-refractivity contribution < 1.29 is 4.21 Å². The van der Waals surface area contributed by atoms with Crippen LogP contribution >= 0.6 is 11.6 Å². The summed E-state index contributed by atoms with van der Waals surface area (Å²) in [5.41, 5.74) is 5.97. The third-order valence-electron chi connectivity index (χ3n) is 1.40. The van der Waals surface area contributed by atoms with Crippen LogP contribution in [0.5, 0.6) is 0 Å². The molecule has 1 unspecified atom stereocenters. The lowest BCUT2D eigenvalue weighted by Gasteiger charge is -2.01. The van der Waals surface area contributed by atoms with Crippen molar-refractivity contribution in [2.24, 2.45) is 0 Å². The van der Waals surface area contributed by atoms with Crippen LogP contribution in [0.15, 0.2) is 23.1 Å². The predicted molar refractivity (Wildman–Crippen MR) is 52.8 cm³/mol. The normalized spacial score (nSPS) is 12.0. The molecule has 1 atom stereocenters. The van der Waals surface area contributed by atoms with Gasteiger partial charge >= 0.3 is 0 Å². The second-order valence-corrected chi connectivity index (χ2v) is 4.16. The van der Waals surface area contributed by atoms with E-state index in [1.807, 2.05) is 6.07 Å². The summed E-state index contributed by atoms with van der Waals surface area (Å²) in [5, 5.41) is 8.67. The molecule has 0 aliphatic carbocycles. The lowest BCUT2D eigenvalue weighted by Crippen LogP contribution is -1.97. The standard InChI is InChI=1S/C8H7ClN2OS/c9-7-5-6(11)1-2-8(7)13(12)4-3-10/h1-2,5H,4,11H2. The van der Waals surface area contributed by atoms with Crippen molar-refractivity contribution in [3.8, 4) is 6.07 Å². The first kappa shape index (κ1) is 10.0. The SMILES string of the molecule is N#CCS(=O)c1ccc(N)cc1Cl. The van der Waals surface area contributed by atoms with Gasteiger partial charge in [0.25, 0.3) is 0 Å². The van der Waals surface area contributed by atoms with Crippen LogP contribution < -0.4 is 5.73 Å². The highest BCUT2D eigenvalue weighted by atomic mass is 35.5. The first-order chi connectivity index (χ1) is 6.15. The van der Waals surface area contributed by atoms with Crippen LogP contribution in [0.1, 0.15) is 0 Å². The van der Waals surface area contributed by atoms with Gasteiger partial charge in [0.15, 0.2) is 0 Å². The topological polar surface area (TPSA) is 66.9 Å². The molecule has 2 N–H and O–H groups in total. The van der Waals surface area contributed by atoms with Gasteiger partial charge < -0.3 is 5.73 Å². The molecule has 0 amide bonds. The Balaban J connectivity index is 3.03. The quantitative estimate of drug-likeness (QED) is 0.760. The minimum Gasteiger partial charge on any atom is -0.399 e. The second-order valence-electron chi connectivity index (χ2n) is 2.34. The zero-order chi connectivity index (χ0) is 9.84. The average Bonchev–Trinajstić information content (AvgIpc) is 2.04. The molecule has 0 saturated carbocycles. The minimum absolute atomic E-state index is 0.0519. The fourth-order valence-corrected chi connectivity index (χ4v) is 2.05. The molecule has 0 heterocycles. The van der Waals surface area contributed by atoms with E-state index in [2.05, 4.69) is 0 Å². The zero-order valence-electron chi connectivity index (χ0n) is 6.66. The van der Waals surface area contributed by atoms with Crippen molar-refractivity contribution in [1.29, 1.82) is 5.26 Å². The summed E-state index contributed by atoms with van der Waals surface area (Å²) in [5.74, 6) is -0.0519. The van der Waals surface area contributed by atoms with Gasteiger partial charge in [-0.2, -0.15) is 5.26 Å². The number of nitrogen functional groups attached to an aromatic ring is 1. The fourth-order valence-electron chi connectivity index (χ4n) is 0.838. The van der Waals surface area contributed by atoms with E-state index < -0.39 is 10.8 Å². The van der Waals surface area contributed by atoms with Crippen molar-refractivity contribution in [2.75, 3.05) is 11.5 Å². The number of nitrogens with two attached hydrogens (primary N) is 1. The Bertz CT molecular complexity index is 386. The van der Waals surface area contributed by atoms with Crippen molar-refractivity contribution >= 4 is 28.1 Å².